The molecule has 31 heavy (non-hydrogen) atoms. The van der Waals surface area contributed by atoms with Crippen LogP contribution in [0.1, 0.15) is 0 Å². The van der Waals surface area contributed by atoms with Gasteiger partial charge in [-0.15, -0.1) is 10.8 Å². The summed E-state index contributed by atoms with van der Waals surface area (Å²) in [7, 11) is 0. The Balaban J connectivity index is 0.000000144. The molecule has 5 heteroatoms. The van der Waals surface area contributed by atoms with Gasteiger partial charge in [0.2, 0.25) is 0 Å². The van der Waals surface area contributed by atoms with E-state index in [9.17, 15) is 10.2 Å². The van der Waals surface area contributed by atoms with Gasteiger partial charge in [-0.2, -0.15) is 24.3 Å². The van der Waals surface area contributed by atoms with E-state index in [-0.39, 0.29) is 31.0 Å². The van der Waals surface area contributed by atoms with Crippen LogP contribution < -0.4 is 0 Å². The van der Waals surface area contributed by atoms with E-state index >= 15 is 0 Å². The number of hydrogen-bond acceptors (Lipinski definition) is 4. The second kappa shape index (κ2) is 8.67. The number of aromatic nitrogens is 2. The van der Waals surface area contributed by atoms with Crippen molar-refractivity contribution in [3.8, 4) is 11.5 Å². The molecule has 4 aromatic carbocycles. The molecule has 0 radical (unpaired) electrons. The first-order valence-electron chi connectivity index (χ1n) is 9.47. The van der Waals surface area contributed by atoms with Gasteiger partial charge in [-0.25, -0.2) is 0 Å². The van der Waals surface area contributed by atoms with Crippen molar-refractivity contribution in [2.75, 3.05) is 0 Å². The van der Waals surface area contributed by atoms with Crippen LogP contribution in [0.4, 0.5) is 0 Å². The summed E-state index contributed by atoms with van der Waals surface area (Å²) >= 11 is 0. The van der Waals surface area contributed by atoms with Crippen molar-refractivity contribution in [3.05, 3.63) is 97.3 Å². The van der Waals surface area contributed by atoms with Crippen molar-refractivity contribution in [1.82, 2.24) is 9.97 Å². The number of pyridine rings is 2. The topological polar surface area (TPSA) is 66.2 Å². The van der Waals surface area contributed by atoms with Gasteiger partial charge in [-0.3, -0.25) is 0 Å². The van der Waals surface area contributed by atoms with Gasteiger partial charge in [0.1, 0.15) is 11.5 Å². The molecule has 0 fully saturated rings. The summed E-state index contributed by atoms with van der Waals surface area (Å²) < 4.78 is 0. The predicted molar refractivity (Wildman–Crippen MR) is 119 cm³/mol. The summed E-state index contributed by atoms with van der Waals surface area (Å²) in [5, 5.41) is 25.2. The van der Waals surface area contributed by atoms with E-state index in [1.54, 1.807) is 24.3 Å². The third-order valence-electron chi connectivity index (χ3n) is 5.08. The zero-order valence-electron chi connectivity index (χ0n) is 16.2. The molecule has 6 aromatic rings. The number of fused-ring (bicyclic) bond motifs is 6. The summed E-state index contributed by atoms with van der Waals surface area (Å²) in [5.74, 6) is 0.537. The van der Waals surface area contributed by atoms with Crippen LogP contribution in [0, 0.1) is 12.4 Å². The number of aromatic hydroxyl groups is 2. The second-order valence-corrected chi connectivity index (χ2v) is 6.91. The molecule has 150 valence electrons. The summed E-state index contributed by atoms with van der Waals surface area (Å²) in [6.07, 6.45) is 5.59. The Morgan fingerprint density at radius 2 is 0.935 bits per heavy atom. The van der Waals surface area contributed by atoms with E-state index < -0.39 is 0 Å². The number of hydrogen-bond donors (Lipinski definition) is 2. The molecule has 0 spiro atoms. The third-order valence-corrected chi connectivity index (χ3v) is 5.08. The van der Waals surface area contributed by atoms with Gasteiger partial charge in [0.05, 0.1) is 0 Å². The van der Waals surface area contributed by atoms with Crippen LogP contribution >= 0.6 is 0 Å². The molecule has 0 aliphatic rings. The van der Waals surface area contributed by atoms with Gasteiger partial charge in [0, 0.05) is 0 Å². The van der Waals surface area contributed by atoms with Crippen LogP contribution in [0.15, 0.2) is 84.9 Å². The SMILES string of the molecule is Oc1cccc2ccc3cc[c-]nc3c12.Oc1cccc2ccc3cc[c-]nc3c12.[Ru+2]. The molecule has 0 atom stereocenters. The average Bonchev–Trinajstić information content (AvgIpc) is 2.79. The molecule has 2 heterocycles. The van der Waals surface area contributed by atoms with Crippen molar-refractivity contribution >= 4 is 43.4 Å². The minimum atomic E-state index is 0. The Morgan fingerprint density at radius 3 is 1.39 bits per heavy atom. The standard InChI is InChI=1S/2C13H8NO.Ru/c2*15-11-5-1-3-9-6-7-10-4-2-8-14-13(10)12(9)11;/h2*1-7,15H;/q2*-1;+2. The average molecular weight is 489 g/mol. The zero-order chi connectivity index (χ0) is 20.5. The molecular formula is C26H16N2O2Ru. The summed E-state index contributed by atoms with van der Waals surface area (Å²) in [6.45, 7) is 0. The van der Waals surface area contributed by atoms with Gasteiger partial charge in [0.25, 0.3) is 0 Å². The van der Waals surface area contributed by atoms with E-state index in [1.165, 1.54) is 0 Å². The van der Waals surface area contributed by atoms with E-state index in [4.69, 9.17) is 0 Å². The second-order valence-electron chi connectivity index (χ2n) is 6.91. The van der Waals surface area contributed by atoms with E-state index in [0.29, 0.717) is 0 Å². The minimum Gasteiger partial charge on any atom is -0.508 e. The molecule has 0 saturated heterocycles. The van der Waals surface area contributed by atoms with Crippen LogP contribution in [0.25, 0.3) is 43.4 Å². The molecule has 0 amide bonds. The molecule has 0 aliphatic heterocycles. The first-order valence-corrected chi connectivity index (χ1v) is 9.47. The maximum absolute atomic E-state index is 9.82. The Morgan fingerprint density at radius 1 is 0.516 bits per heavy atom. The fourth-order valence-electron chi connectivity index (χ4n) is 3.68. The van der Waals surface area contributed by atoms with Crippen molar-refractivity contribution in [2.24, 2.45) is 0 Å². The van der Waals surface area contributed by atoms with Gasteiger partial charge in [-0.05, 0) is 44.7 Å². The first kappa shape index (κ1) is 20.7. The van der Waals surface area contributed by atoms with Crippen molar-refractivity contribution in [3.63, 3.8) is 0 Å². The monoisotopic (exact) mass is 490 g/mol. The summed E-state index contributed by atoms with van der Waals surface area (Å²) in [4.78, 5) is 8.37. The van der Waals surface area contributed by atoms with E-state index in [1.807, 2.05) is 60.7 Å². The molecule has 2 N–H and O–H groups in total. The van der Waals surface area contributed by atoms with Crippen LogP contribution in [-0.4, -0.2) is 20.2 Å². The first-order chi connectivity index (χ1) is 14.7. The Labute approximate surface area is 191 Å². The molecule has 4 nitrogen and oxygen atoms in total. The van der Waals surface area contributed by atoms with Crippen molar-refractivity contribution < 1.29 is 29.7 Å². The molecule has 0 aliphatic carbocycles. The maximum Gasteiger partial charge on any atom is 2.00 e. The molecule has 6 rings (SSSR count). The summed E-state index contributed by atoms with van der Waals surface area (Å²) in [6, 6.07) is 26.3. The van der Waals surface area contributed by atoms with Crippen LogP contribution in [0.3, 0.4) is 0 Å². The van der Waals surface area contributed by atoms with Gasteiger partial charge in [-0.1, -0.05) is 60.9 Å². The molecule has 0 saturated carbocycles. The van der Waals surface area contributed by atoms with Crippen LogP contribution in [-0.2, 0) is 19.5 Å². The van der Waals surface area contributed by atoms with Crippen LogP contribution in [0.2, 0.25) is 0 Å². The van der Waals surface area contributed by atoms with Crippen molar-refractivity contribution in [1.29, 1.82) is 0 Å². The third kappa shape index (κ3) is 3.80. The number of phenols is 2. The largest absolute Gasteiger partial charge is 2.00 e. The number of benzene rings is 4. The normalized spacial score (nSPS) is 10.6. The fourth-order valence-corrected chi connectivity index (χ4v) is 3.68. The van der Waals surface area contributed by atoms with Crippen molar-refractivity contribution in [2.45, 2.75) is 0 Å². The smallest absolute Gasteiger partial charge is 0.508 e. The molecular weight excluding hydrogens is 473 g/mol. The Bertz CT molecular complexity index is 1420. The van der Waals surface area contributed by atoms with Gasteiger partial charge in [0.15, 0.2) is 0 Å². The van der Waals surface area contributed by atoms with Gasteiger partial charge >= 0.3 is 19.5 Å². The molecule has 0 bridgehead atoms. The number of rotatable bonds is 0. The number of phenolic OH excluding ortho intramolecular Hbond substituents is 2. The maximum atomic E-state index is 9.82. The number of nitrogens with zero attached hydrogens (tertiary/aromatic N) is 2. The fraction of sp³-hybridized carbons (Fsp3) is 0. The summed E-state index contributed by atoms with van der Waals surface area (Å²) in [5.41, 5.74) is 1.60. The minimum absolute atomic E-state index is 0. The van der Waals surface area contributed by atoms with E-state index in [2.05, 4.69) is 22.4 Å². The van der Waals surface area contributed by atoms with Gasteiger partial charge < -0.3 is 20.2 Å². The molecule has 0 unspecified atom stereocenters. The Hall–Kier alpha value is -3.56. The Kier molecular flexibility index (Phi) is 5.79. The zero-order valence-corrected chi connectivity index (χ0v) is 18.0. The predicted octanol–water partition coefficient (Wildman–Crippen LogP) is 5.79. The molecule has 2 aromatic heterocycles. The van der Waals surface area contributed by atoms with E-state index in [0.717, 1.165) is 43.4 Å². The van der Waals surface area contributed by atoms with Crippen LogP contribution in [0.5, 0.6) is 11.5 Å². The quantitative estimate of drug-likeness (QED) is 0.161.